The van der Waals surface area contributed by atoms with E-state index in [0.717, 1.165) is 11.6 Å². The molecule has 0 bridgehead atoms. The van der Waals surface area contributed by atoms with Crippen LogP contribution in [0.2, 0.25) is 5.02 Å². The number of piperidine rings is 1. The van der Waals surface area contributed by atoms with E-state index in [-0.39, 0.29) is 0 Å². The molecule has 4 rings (SSSR count). The minimum absolute atomic E-state index is 0.374. The molecule has 0 unspecified atom stereocenters. The molecule has 0 N–H and O–H groups in total. The van der Waals surface area contributed by atoms with Crippen LogP contribution >= 0.6 is 11.6 Å². The Balaban J connectivity index is 1.80. The summed E-state index contributed by atoms with van der Waals surface area (Å²) in [5, 5.41) is 0.854. The normalized spacial score (nSPS) is 25.5. The van der Waals surface area contributed by atoms with Gasteiger partial charge >= 0.3 is 0 Å². The zero-order valence-corrected chi connectivity index (χ0v) is 17.4. The maximum Gasteiger partial charge on any atom is 0.0451 e. The summed E-state index contributed by atoms with van der Waals surface area (Å²) >= 11 is 6.58. The molecule has 144 valence electrons. The number of halogens is 1. The minimum atomic E-state index is 0.374. The molecule has 28 heavy (non-hydrogen) atoms. The van der Waals surface area contributed by atoms with Gasteiger partial charge in [-0.05, 0) is 41.0 Å². The van der Waals surface area contributed by atoms with Crippen LogP contribution in [0.4, 0.5) is 0 Å². The van der Waals surface area contributed by atoms with Crippen LogP contribution in [0.25, 0.3) is 0 Å². The van der Waals surface area contributed by atoms with Crippen molar-refractivity contribution in [2.24, 2.45) is 11.8 Å². The largest absolute Gasteiger partial charge is 0.284 e. The smallest absolute Gasteiger partial charge is 0.0451 e. The fraction of sp³-hybridized carbons (Fsp3) is 0.308. The summed E-state index contributed by atoms with van der Waals surface area (Å²) in [6.07, 6.45) is 1.22. The van der Waals surface area contributed by atoms with Gasteiger partial charge in [0.05, 0.1) is 0 Å². The van der Waals surface area contributed by atoms with Crippen LogP contribution < -0.4 is 0 Å². The van der Waals surface area contributed by atoms with Crippen molar-refractivity contribution in [2.75, 3.05) is 0 Å². The van der Waals surface area contributed by atoms with Crippen LogP contribution in [-0.4, -0.2) is 4.90 Å². The molecule has 0 saturated carbocycles. The third-order valence-corrected chi connectivity index (χ3v) is 6.50. The highest BCUT2D eigenvalue weighted by Crippen LogP contribution is 2.48. The van der Waals surface area contributed by atoms with Gasteiger partial charge in [0, 0.05) is 23.7 Å². The van der Waals surface area contributed by atoms with Crippen molar-refractivity contribution in [3.8, 4) is 0 Å². The van der Waals surface area contributed by atoms with Gasteiger partial charge in [-0.1, -0.05) is 104 Å². The highest BCUT2D eigenvalue weighted by Gasteiger charge is 2.40. The summed E-state index contributed by atoms with van der Waals surface area (Å²) in [5.74, 6) is 1.17. The molecule has 0 amide bonds. The monoisotopic (exact) mass is 389 g/mol. The third-order valence-electron chi connectivity index (χ3n) is 6.13. The van der Waals surface area contributed by atoms with Gasteiger partial charge in [-0.25, -0.2) is 0 Å². The Labute approximate surface area is 174 Å². The Hall–Kier alpha value is -2.09. The van der Waals surface area contributed by atoms with Crippen LogP contribution in [0.1, 0.15) is 49.0 Å². The predicted molar refractivity (Wildman–Crippen MR) is 118 cm³/mol. The van der Waals surface area contributed by atoms with E-state index in [1.807, 2.05) is 12.1 Å². The zero-order chi connectivity index (χ0) is 19.5. The first-order chi connectivity index (χ1) is 13.6. The van der Waals surface area contributed by atoms with Gasteiger partial charge in [0.2, 0.25) is 0 Å². The summed E-state index contributed by atoms with van der Waals surface area (Å²) in [4.78, 5) is 2.69. The van der Waals surface area contributed by atoms with E-state index in [9.17, 15) is 0 Å². The van der Waals surface area contributed by atoms with E-state index in [2.05, 4.69) is 91.5 Å². The van der Waals surface area contributed by atoms with Gasteiger partial charge in [0.1, 0.15) is 0 Å². The molecule has 3 aromatic carbocycles. The van der Waals surface area contributed by atoms with Crippen LogP contribution in [-0.2, 0) is 6.54 Å². The van der Waals surface area contributed by atoms with Gasteiger partial charge in [-0.15, -0.1) is 0 Å². The fourth-order valence-electron chi connectivity index (χ4n) is 5.03. The number of benzene rings is 3. The maximum absolute atomic E-state index is 6.58. The van der Waals surface area contributed by atoms with Crippen LogP contribution in [0.15, 0.2) is 84.9 Å². The molecule has 1 fully saturated rings. The van der Waals surface area contributed by atoms with Crippen molar-refractivity contribution in [1.29, 1.82) is 0 Å². The summed E-state index contributed by atoms with van der Waals surface area (Å²) in [7, 11) is 0. The standard InChI is InChI=1S/C26H28ClN/c1-19-17-20(2)26(22-13-7-4-8-14-22)28(18-23-15-9-10-16-24(23)27)25(19)21-11-5-3-6-12-21/h3-16,19-20,25-26H,17-18H2,1-2H3/t19-,20-,25-,26+/m1/s1. The second kappa shape index (κ2) is 8.51. The summed E-state index contributed by atoms with van der Waals surface area (Å²) in [5.41, 5.74) is 4.00. The van der Waals surface area contributed by atoms with Crippen LogP contribution in [0, 0.1) is 11.8 Å². The van der Waals surface area contributed by atoms with Gasteiger partial charge < -0.3 is 0 Å². The van der Waals surface area contributed by atoms with Crippen molar-refractivity contribution >= 4 is 11.6 Å². The molecule has 1 heterocycles. The molecule has 3 aromatic rings. The van der Waals surface area contributed by atoms with Crippen molar-refractivity contribution in [3.05, 3.63) is 107 Å². The predicted octanol–water partition coefficient (Wildman–Crippen LogP) is 7.30. The maximum atomic E-state index is 6.58. The number of hydrogen-bond acceptors (Lipinski definition) is 1. The molecular formula is C26H28ClN. The van der Waals surface area contributed by atoms with Crippen molar-refractivity contribution in [1.82, 2.24) is 4.90 Å². The molecule has 2 heteroatoms. The first kappa shape index (κ1) is 19.2. The fourth-order valence-corrected chi connectivity index (χ4v) is 5.23. The molecule has 0 spiro atoms. The molecule has 0 aromatic heterocycles. The van der Waals surface area contributed by atoms with E-state index in [1.54, 1.807) is 0 Å². The lowest BCUT2D eigenvalue weighted by atomic mass is 9.75. The molecule has 1 aliphatic rings. The Morgan fingerprint density at radius 3 is 1.68 bits per heavy atom. The van der Waals surface area contributed by atoms with Crippen LogP contribution in [0.3, 0.4) is 0 Å². The lowest BCUT2D eigenvalue weighted by Gasteiger charge is -2.49. The number of rotatable bonds is 4. The average molecular weight is 390 g/mol. The van der Waals surface area contributed by atoms with Gasteiger partial charge in [-0.2, -0.15) is 0 Å². The minimum Gasteiger partial charge on any atom is -0.284 e. The number of nitrogens with zero attached hydrogens (tertiary/aromatic N) is 1. The first-order valence-electron chi connectivity index (χ1n) is 10.2. The van der Waals surface area contributed by atoms with E-state index in [1.165, 1.54) is 23.1 Å². The van der Waals surface area contributed by atoms with E-state index in [0.29, 0.717) is 23.9 Å². The quantitative estimate of drug-likeness (QED) is 0.452. The second-order valence-electron chi connectivity index (χ2n) is 8.17. The summed E-state index contributed by atoms with van der Waals surface area (Å²) < 4.78 is 0. The number of hydrogen-bond donors (Lipinski definition) is 0. The molecular weight excluding hydrogens is 362 g/mol. The van der Waals surface area contributed by atoms with Crippen LogP contribution in [0.5, 0.6) is 0 Å². The Kier molecular flexibility index (Phi) is 5.85. The molecule has 4 atom stereocenters. The lowest BCUT2D eigenvalue weighted by molar-refractivity contribution is -0.000124. The summed E-state index contributed by atoms with van der Waals surface area (Å²) in [6, 6.07) is 31.0. The zero-order valence-electron chi connectivity index (χ0n) is 16.6. The van der Waals surface area contributed by atoms with Crippen molar-refractivity contribution < 1.29 is 0 Å². The molecule has 1 saturated heterocycles. The van der Waals surface area contributed by atoms with Crippen molar-refractivity contribution in [3.63, 3.8) is 0 Å². The highest BCUT2D eigenvalue weighted by atomic mass is 35.5. The Bertz CT molecular complexity index is 841. The molecule has 0 aliphatic carbocycles. The van der Waals surface area contributed by atoms with Gasteiger partial charge in [-0.3, -0.25) is 4.90 Å². The molecule has 1 nitrogen and oxygen atoms in total. The van der Waals surface area contributed by atoms with Gasteiger partial charge in [0.15, 0.2) is 0 Å². The SMILES string of the molecule is C[C@@H]1C[C@@H](C)[C@H](c2ccccc2)N(Cc2ccccc2Cl)[C@@H]1c1ccccc1. The topological polar surface area (TPSA) is 3.24 Å². The molecule has 1 aliphatic heterocycles. The molecule has 0 radical (unpaired) electrons. The Morgan fingerprint density at radius 1 is 0.714 bits per heavy atom. The van der Waals surface area contributed by atoms with Gasteiger partial charge in [0.25, 0.3) is 0 Å². The van der Waals surface area contributed by atoms with Crippen molar-refractivity contribution in [2.45, 2.75) is 38.9 Å². The second-order valence-corrected chi connectivity index (χ2v) is 8.57. The Morgan fingerprint density at radius 2 is 1.18 bits per heavy atom. The first-order valence-corrected chi connectivity index (χ1v) is 10.6. The lowest BCUT2D eigenvalue weighted by Crippen LogP contribution is -2.43. The van der Waals surface area contributed by atoms with E-state index >= 15 is 0 Å². The number of likely N-dealkylation sites (tertiary alicyclic amines) is 1. The third kappa shape index (κ3) is 3.87. The van der Waals surface area contributed by atoms with E-state index in [4.69, 9.17) is 11.6 Å². The van der Waals surface area contributed by atoms with E-state index < -0.39 is 0 Å². The summed E-state index contributed by atoms with van der Waals surface area (Å²) in [6.45, 7) is 5.65. The highest BCUT2D eigenvalue weighted by molar-refractivity contribution is 6.31. The average Bonchev–Trinajstić information content (AvgIpc) is 2.71.